The molecule has 1 heterocycles. The highest BCUT2D eigenvalue weighted by Gasteiger charge is 2.15. The molecule has 82 valence electrons. The molecule has 6 heteroatoms. The van der Waals surface area contributed by atoms with Gasteiger partial charge in [0.05, 0.1) is 17.5 Å². The lowest BCUT2D eigenvalue weighted by molar-refractivity contribution is 0.111. The fraction of sp³-hybridized carbons (Fsp3) is 0. The molecule has 1 aromatic carbocycles. The smallest absolute Gasteiger partial charge is 0.167 e. The zero-order chi connectivity index (χ0) is 11.7. The molecule has 0 aliphatic carbocycles. The lowest BCUT2D eigenvalue weighted by atomic mass is 10.2. The Balaban J connectivity index is 2.59. The summed E-state index contributed by atoms with van der Waals surface area (Å²) in [5, 5.41) is 0. The molecule has 0 unspecified atom stereocenters. The van der Waals surface area contributed by atoms with Gasteiger partial charge in [0.15, 0.2) is 6.29 Å². The molecule has 0 bridgehead atoms. The fourth-order valence-corrected chi connectivity index (χ4v) is 1.69. The monoisotopic (exact) mass is 286 g/mol. The van der Waals surface area contributed by atoms with Gasteiger partial charge < -0.3 is 4.98 Å². The van der Waals surface area contributed by atoms with Crippen LogP contribution in [0.1, 0.15) is 10.5 Å². The first-order chi connectivity index (χ1) is 7.61. The van der Waals surface area contributed by atoms with E-state index in [2.05, 4.69) is 25.9 Å². The Morgan fingerprint density at radius 3 is 2.44 bits per heavy atom. The van der Waals surface area contributed by atoms with Gasteiger partial charge in [-0.05, 0) is 12.1 Å². The Kier molecular flexibility index (Phi) is 2.82. The van der Waals surface area contributed by atoms with E-state index in [0.29, 0.717) is 10.8 Å². The van der Waals surface area contributed by atoms with Crippen molar-refractivity contribution < 1.29 is 13.6 Å². The van der Waals surface area contributed by atoms with Crippen molar-refractivity contribution in [3.05, 3.63) is 40.1 Å². The average molecular weight is 287 g/mol. The van der Waals surface area contributed by atoms with E-state index in [9.17, 15) is 13.6 Å². The number of carbonyl (C=O) groups excluding carboxylic acids is 1. The molecule has 0 atom stereocenters. The standard InChI is InChI=1S/C10H5BrF2N2O/c11-5-1-7(12)9(8(13)2-5)10-14-3-6(4-16)15-10/h1-4H,(H,14,15). The van der Waals surface area contributed by atoms with Crippen LogP contribution in [0.2, 0.25) is 0 Å². The molecule has 3 nitrogen and oxygen atoms in total. The lowest BCUT2D eigenvalue weighted by Crippen LogP contribution is -1.92. The van der Waals surface area contributed by atoms with Crippen LogP contribution in [-0.4, -0.2) is 16.3 Å². The predicted octanol–water partition coefficient (Wildman–Crippen LogP) is 2.93. The third-order valence-electron chi connectivity index (χ3n) is 1.97. The van der Waals surface area contributed by atoms with Crippen molar-refractivity contribution in [2.24, 2.45) is 0 Å². The van der Waals surface area contributed by atoms with Crippen LogP contribution in [0, 0.1) is 11.6 Å². The van der Waals surface area contributed by atoms with Gasteiger partial charge >= 0.3 is 0 Å². The number of hydrogen-bond donors (Lipinski definition) is 1. The van der Waals surface area contributed by atoms with E-state index in [1.807, 2.05) is 0 Å². The first-order valence-corrected chi connectivity index (χ1v) is 5.06. The van der Waals surface area contributed by atoms with Crippen molar-refractivity contribution in [3.63, 3.8) is 0 Å². The first-order valence-electron chi connectivity index (χ1n) is 4.27. The predicted molar refractivity (Wildman–Crippen MR) is 57.0 cm³/mol. The summed E-state index contributed by atoms with van der Waals surface area (Å²) in [5.41, 5.74) is -0.118. The minimum Gasteiger partial charge on any atom is -0.336 e. The van der Waals surface area contributed by atoms with Gasteiger partial charge in [0.25, 0.3) is 0 Å². The summed E-state index contributed by atoms with van der Waals surface area (Å²) in [5.74, 6) is -1.51. The van der Waals surface area contributed by atoms with Gasteiger partial charge in [-0.25, -0.2) is 13.8 Å². The van der Waals surface area contributed by atoms with Crippen LogP contribution in [-0.2, 0) is 0 Å². The van der Waals surface area contributed by atoms with Crippen molar-refractivity contribution in [2.45, 2.75) is 0 Å². The fourth-order valence-electron chi connectivity index (χ4n) is 1.29. The summed E-state index contributed by atoms with van der Waals surface area (Å²) in [6.07, 6.45) is 1.73. The minimum absolute atomic E-state index is 0.00963. The summed E-state index contributed by atoms with van der Waals surface area (Å²) in [7, 11) is 0. The molecule has 0 saturated heterocycles. The number of hydrogen-bond acceptors (Lipinski definition) is 2. The number of nitrogens with one attached hydrogen (secondary N) is 1. The van der Waals surface area contributed by atoms with Crippen LogP contribution in [0.4, 0.5) is 8.78 Å². The number of aromatic nitrogens is 2. The Bertz CT molecular complexity index is 530. The maximum atomic E-state index is 13.5. The third-order valence-corrected chi connectivity index (χ3v) is 2.42. The number of H-pyrrole nitrogens is 1. The molecule has 0 radical (unpaired) electrons. The summed E-state index contributed by atoms with van der Waals surface area (Å²) in [4.78, 5) is 16.6. The molecule has 0 amide bonds. The summed E-state index contributed by atoms with van der Waals surface area (Å²) in [6, 6.07) is 2.25. The number of aldehydes is 1. The molecule has 2 rings (SSSR count). The maximum absolute atomic E-state index is 13.5. The van der Waals surface area contributed by atoms with Crippen molar-refractivity contribution in [2.75, 3.05) is 0 Å². The van der Waals surface area contributed by atoms with Gasteiger partial charge in [0, 0.05) is 4.47 Å². The highest BCUT2D eigenvalue weighted by Crippen LogP contribution is 2.26. The van der Waals surface area contributed by atoms with Gasteiger partial charge in [-0.3, -0.25) is 4.79 Å². The quantitative estimate of drug-likeness (QED) is 0.863. The Hall–Kier alpha value is -1.56. The van der Waals surface area contributed by atoms with Gasteiger partial charge in [0.1, 0.15) is 17.5 Å². The number of nitrogens with zero attached hydrogens (tertiary/aromatic N) is 1. The lowest BCUT2D eigenvalue weighted by Gasteiger charge is -2.02. The summed E-state index contributed by atoms with van der Waals surface area (Å²) in [6.45, 7) is 0. The highest BCUT2D eigenvalue weighted by molar-refractivity contribution is 9.10. The highest BCUT2D eigenvalue weighted by atomic mass is 79.9. The maximum Gasteiger partial charge on any atom is 0.167 e. The van der Waals surface area contributed by atoms with Crippen LogP contribution in [0.25, 0.3) is 11.4 Å². The van der Waals surface area contributed by atoms with Crippen LogP contribution < -0.4 is 0 Å². The van der Waals surface area contributed by atoms with E-state index < -0.39 is 11.6 Å². The molecular formula is C10H5BrF2N2O. The van der Waals surface area contributed by atoms with Crippen LogP contribution in [0.15, 0.2) is 22.8 Å². The van der Waals surface area contributed by atoms with E-state index in [0.717, 1.165) is 12.1 Å². The second-order valence-corrected chi connectivity index (χ2v) is 3.97. The van der Waals surface area contributed by atoms with Crippen molar-refractivity contribution in [1.29, 1.82) is 0 Å². The number of rotatable bonds is 2. The summed E-state index contributed by atoms with van der Waals surface area (Å²) < 4.78 is 27.3. The van der Waals surface area contributed by atoms with E-state index in [1.165, 1.54) is 6.20 Å². The minimum atomic E-state index is -0.751. The molecule has 0 aliphatic heterocycles. The zero-order valence-electron chi connectivity index (χ0n) is 7.80. The first kappa shape index (κ1) is 10.9. The van der Waals surface area contributed by atoms with Gasteiger partial charge in [-0.15, -0.1) is 0 Å². The zero-order valence-corrected chi connectivity index (χ0v) is 9.38. The second-order valence-electron chi connectivity index (χ2n) is 3.05. The average Bonchev–Trinajstić information content (AvgIpc) is 2.64. The molecule has 1 aromatic heterocycles. The molecular weight excluding hydrogens is 282 g/mol. The molecule has 0 saturated carbocycles. The van der Waals surface area contributed by atoms with Crippen molar-refractivity contribution >= 4 is 22.2 Å². The number of aromatic amines is 1. The normalized spacial score (nSPS) is 10.4. The van der Waals surface area contributed by atoms with Gasteiger partial charge in [0.2, 0.25) is 0 Å². The molecule has 0 fully saturated rings. The van der Waals surface area contributed by atoms with Gasteiger partial charge in [-0.2, -0.15) is 0 Å². The molecule has 16 heavy (non-hydrogen) atoms. The van der Waals surface area contributed by atoms with E-state index in [4.69, 9.17) is 0 Å². The van der Waals surface area contributed by atoms with Crippen molar-refractivity contribution in [3.8, 4) is 11.4 Å². The number of carbonyl (C=O) groups is 1. The van der Waals surface area contributed by atoms with E-state index in [-0.39, 0.29) is 17.1 Å². The number of imidazole rings is 1. The van der Waals surface area contributed by atoms with Gasteiger partial charge in [-0.1, -0.05) is 15.9 Å². The Labute approximate surface area is 97.6 Å². The molecule has 2 aromatic rings. The molecule has 1 N–H and O–H groups in total. The SMILES string of the molecule is O=Cc1cnc(-c2c(F)cc(Br)cc2F)[nH]1. The van der Waals surface area contributed by atoms with Crippen LogP contribution >= 0.6 is 15.9 Å². The Morgan fingerprint density at radius 2 is 1.94 bits per heavy atom. The number of benzene rings is 1. The number of halogens is 3. The Morgan fingerprint density at radius 1 is 1.31 bits per heavy atom. The van der Waals surface area contributed by atoms with Crippen LogP contribution in [0.3, 0.4) is 0 Å². The van der Waals surface area contributed by atoms with Crippen molar-refractivity contribution in [1.82, 2.24) is 9.97 Å². The van der Waals surface area contributed by atoms with Crippen LogP contribution in [0.5, 0.6) is 0 Å². The largest absolute Gasteiger partial charge is 0.336 e. The second kappa shape index (κ2) is 4.13. The third kappa shape index (κ3) is 1.88. The molecule has 0 aliphatic rings. The summed E-state index contributed by atoms with van der Waals surface area (Å²) >= 11 is 2.97. The molecule has 0 spiro atoms. The van der Waals surface area contributed by atoms with E-state index in [1.54, 1.807) is 0 Å². The topological polar surface area (TPSA) is 45.8 Å². The van der Waals surface area contributed by atoms with E-state index >= 15 is 0 Å².